The maximum atomic E-state index is 12.7. The molecule has 2 aliphatic rings. The van der Waals surface area contributed by atoms with Crippen molar-refractivity contribution in [2.75, 3.05) is 6.61 Å². The fourth-order valence-electron chi connectivity index (χ4n) is 4.18. The molecule has 0 heterocycles. The number of hydrogen-bond donors (Lipinski definition) is 3. The number of aliphatic carboxylic acids is 1. The first-order valence-electron chi connectivity index (χ1n) is 10.7. The third kappa shape index (κ3) is 4.23. The van der Waals surface area contributed by atoms with Crippen LogP contribution >= 0.6 is 0 Å². The largest absolute Gasteiger partial charge is 0.480 e. The second-order valence-electron chi connectivity index (χ2n) is 8.27. The predicted molar refractivity (Wildman–Crippen MR) is 119 cm³/mol. The number of rotatable bonds is 9. The van der Waals surface area contributed by atoms with E-state index in [-0.39, 0.29) is 12.5 Å². The molecule has 0 radical (unpaired) electrons. The van der Waals surface area contributed by atoms with Gasteiger partial charge in [0.15, 0.2) is 0 Å². The molecule has 32 heavy (non-hydrogen) atoms. The van der Waals surface area contributed by atoms with E-state index in [1.807, 2.05) is 36.4 Å². The standard InChI is InChI=1S/C25H26N2O5/c1-2-3-12-21(22(28)27-25(13-14-25)23(29)30)26-24(31)32-15-20-18-10-6-4-8-16(18)17-9-5-7-11-19(17)20/h2,4-11,20-21H,1,3,12-15H2,(H,26,31)(H,27,28)(H,29,30). The van der Waals surface area contributed by atoms with Crippen molar-refractivity contribution in [1.29, 1.82) is 0 Å². The summed E-state index contributed by atoms with van der Waals surface area (Å²) in [6.07, 6.45) is 2.48. The van der Waals surface area contributed by atoms with Crippen LogP contribution in [0.2, 0.25) is 0 Å². The Hall–Kier alpha value is -3.61. The monoisotopic (exact) mass is 434 g/mol. The number of carboxylic acids is 1. The third-order valence-electron chi connectivity index (χ3n) is 6.13. The molecule has 7 nitrogen and oxygen atoms in total. The van der Waals surface area contributed by atoms with E-state index in [1.54, 1.807) is 6.08 Å². The summed E-state index contributed by atoms with van der Waals surface area (Å²) in [4.78, 5) is 36.6. The first kappa shape index (κ1) is 21.6. The van der Waals surface area contributed by atoms with Crippen molar-refractivity contribution in [3.63, 3.8) is 0 Å². The molecule has 1 fully saturated rings. The van der Waals surface area contributed by atoms with Crippen LogP contribution in [-0.4, -0.2) is 41.3 Å². The number of carboxylic acid groups (broad SMARTS) is 1. The average Bonchev–Trinajstić information content (AvgIpc) is 3.51. The van der Waals surface area contributed by atoms with Crippen molar-refractivity contribution in [2.24, 2.45) is 0 Å². The highest BCUT2D eigenvalue weighted by Crippen LogP contribution is 2.44. The van der Waals surface area contributed by atoms with Crippen LogP contribution in [0.3, 0.4) is 0 Å². The van der Waals surface area contributed by atoms with E-state index >= 15 is 0 Å². The quantitative estimate of drug-likeness (QED) is 0.523. The Balaban J connectivity index is 1.41. The van der Waals surface area contributed by atoms with Crippen molar-refractivity contribution in [1.82, 2.24) is 10.6 Å². The van der Waals surface area contributed by atoms with Crippen LogP contribution in [0.4, 0.5) is 4.79 Å². The molecule has 2 aromatic carbocycles. The summed E-state index contributed by atoms with van der Waals surface area (Å²) in [5.74, 6) is -1.68. The first-order valence-corrected chi connectivity index (χ1v) is 10.7. The number of allylic oxidation sites excluding steroid dienone is 1. The molecule has 2 aromatic rings. The number of hydrogen-bond acceptors (Lipinski definition) is 4. The lowest BCUT2D eigenvalue weighted by atomic mass is 9.98. The molecular weight excluding hydrogens is 408 g/mol. The topological polar surface area (TPSA) is 105 Å². The Morgan fingerprint density at radius 2 is 1.69 bits per heavy atom. The van der Waals surface area contributed by atoms with E-state index in [9.17, 15) is 19.5 Å². The van der Waals surface area contributed by atoms with Crippen molar-refractivity contribution in [3.05, 3.63) is 72.3 Å². The number of carbonyl (C=O) groups is 3. The number of amides is 2. The molecule has 1 saturated carbocycles. The van der Waals surface area contributed by atoms with Gasteiger partial charge in [0.25, 0.3) is 0 Å². The zero-order valence-electron chi connectivity index (χ0n) is 17.7. The lowest BCUT2D eigenvalue weighted by Crippen LogP contribution is -2.53. The van der Waals surface area contributed by atoms with Crippen LogP contribution in [0, 0.1) is 0 Å². The summed E-state index contributed by atoms with van der Waals surface area (Å²) in [5, 5.41) is 14.5. The minimum absolute atomic E-state index is 0.0876. The lowest BCUT2D eigenvalue weighted by molar-refractivity contribution is -0.143. The molecule has 0 spiro atoms. The van der Waals surface area contributed by atoms with Gasteiger partial charge in [-0.1, -0.05) is 54.6 Å². The van der Waals surface area contributed by atoms with Crippen molar-refractivity contribution >= 4 is 18.0 Å². The van der Waals surface area contributed by atoms with Gasteiger partial charge < -0.3 is 20.5 Å². The third-order valence-corrected chi connectivity index (χ3v) is 6.13. The van der Waals surface area contributed by atoms with Crippen LogP contribution in [0.5, 0.6) is 0 Å². The van der Waals surface area contributed by atoms with Crippen molar-refractivity contribution in [3.8, 4) is 11.1 Å². The van der Waals surface area contributed by atoms with Crippen molar-refractivity contribution in [2.45, 2.75) is 43.2 Å². The van der Waals surface area contributed by atoms with Gasteiger partial charge in [0, 0.05) is 5.92 Å². The summed E-state index contributed by atoms with van der Waals surface area (Å²) >= 11 is 0. The van der Waals surface area contributed by atoms with Crippen molar-refractivity contribution < 1.29 is 24.2 Å². The lowest BCUT2D eigenvalue weighted by Gasteiger charge is -2.21. The molecule has 0 saturated heterocycles. The van der Waals surface area contributed by atoms with Gasteiger partial charge in [-0.15, -0.1) is 6.58 Å². The highest BCUT2D eigenvalue weighted by molar-refractivity contribution is 5.93. The Morgan fingerprint density at radius 1 is 1.09 bits per heavy atom. The summed E-state index contributed by atoms with van der Waals surface area (Å²) in [5.41, 5.74) is 3.23. The maximum absolute atomic E-state index is 12.7. The van der Waals surface area contributed by atoms with Gasteiger partial charge in [-0.2, -0.15) is 0 Å². The number of carbonyl (C=O) groups excluding carboxylic acids is 2. The van der Waals surface area contributed by atoms with E-state index in [4.69, 9.17) is 4.74 Å². The molecule has 0 aromatic heterocycles. The fourth-order valence-corrected chi connectivity index (χ4v) is 4.18. The second-order valence-corrected chi connectivity index (χ2v) is 8.27. The Kier molecular flexibility index (Phi) is 5.99. The summed E-state index contributed by atoms with van der Waals surface area (Å²) < 4.78 is 5.52. The number of alkyl carbamates (subject to hydrolysis) is 1. The number of benzene rings is 2. The molecule has 3 N–H and O–H groups in total. The molecule has 166 valence electrons. The van der Waals surface area contributed by atoms with Crippen LogP contribution < -0.4 is 10.6 Å². The number of fused-ring (bicyclic) bond motifs is 3. The number of nitrogens with one attached hydrogen (secondary N) is 2. The molecule has 0 aliphatic heterocycles. The van der Waals surface area contributed by atoms with Crippen LogP contribution in [0.25, 0.3) is 11.1 Å². The highest BCUT2D eigenvalue weighted by Gasteiger charge is 2.52. The zero-order chi connectivity index (χ0) is 22.7. The first-order chi connectivity index (χ1) is 15.4. The predicted octanol–water partition coefficient (Wildman–Crippen LogP) is 3.59. The Labute approximate surface area is 186 Å². The number of ether oxygens (including phenoxy) is 1. The van der Waals surface area contributed by atoms with E-state index in [1.165, 1.54) is 0 Å². The summed E-state index contributed by atoms with van der Waals surface area (Å²) in [7, 11) is 0. The highest BCUT2D eigenvalue weighted by atomic mass is 16.5. The molecule has 2 aliphatic carbocycles. The Morgan fingerprint density at radius 3 is 2.22 bits per heavy atom. The summed E-state index contributed by atoms with van der Waals surface area (Å²) in [6, 6.07) is 15.2. The zero-order valence-corrected chi connectivity index (χ0v) is 17.7. The molecule has 0 bridgehead atoms. The van der Waals surface area contributed by atoms with Crippen LogP contribution in [0.1, 0.15) is 42.7 Å². The molecular formula is C25H26N2O5. The van der Waals surface area contributed by atoms with Gasteiger partial charge in [-0.05, 0) is 47.9 Å². The SMILES string of the molecule is C=CCCC(NC(=O)OCC1c2ccccc2-c2ccccc21)C(=O)NC1(C(=O)O)CC1. The maximum Gasteiger partial charge on any atom is 0.407 e. The van der Waals surface area contributed by atoms with E-state index in [0.717, 1.165) is 22.3 Å². The minimum atomic E-state index is -1.22. The van der Waals surface area contributed by atoms with Crippen LogP contribution in [-0.2, 0) is 14.3 Å². The molecule has 1 atom stereocenters. The normalized spacial score (nSPS) is 16.2. The Bertz CT molecular complexity index is 1010. The fraction of sp³-hybridized carbons (Fsp3) is 0.320. The molecule has 2 amide bonds. The second kappa shape index (κ2) is 8.86. The smallest absolute Gasteiger partial charge is 0.407 e. The van der Waals surface area contributed by atoms with E-state index in [2.05, 4.69) is 29.3 Å². The van der Waals surface area contributed by atoms with Gasteiger partial charge in [-0.3, -0.25) is 4.79 Å². The van der Waals surface area contributed by atoms with Gasteiger partial charge in [0.2, 0.25) is 5.91 Å². The molecule has 1 unspecified atom stereocenters. The van der Waals surface area contributed by atoms with Gasteiger partial charge >= 0.3 is 12.1 Å². The van der Waals surface area contributed by atoms with Gasteiger partial charge in [0.1, 0.15) is 18.2 Å². The van der Waals surface area contributed by atoms with Crippen LogP contribution in [0.15, 0.2) is 61.2 Å². The summed E-state index contributed by atoms with van der Waals surface area (Å²) in [6.45, 7) is 3.78. The molecule has 7 heteroatoms. The van der Waals surface area contributed by atoms with Gasteiger partial charge in [-0.25, -0.2) is 9.59 Å². The van der Waals surface area contributed by atoms with E-state index < -0.39 is 29.6 Å². The van der Waals surface area contributed by atoms with E-state index in [0.29, 0.717) is 25.7 Å². The minimum Gasteiger partial charge on any atom is -0.480 e. The average molecular weight is 434 g/mol. The molecule has 4 rings (SSSR count). The van der Waals surface area contributed by atoms with Gasteiger partial charge in [0.05, 0.1) is 0 Å².